The number of rotatable bonds is 7. The molecular formula is C25H23N5OS. The number of carbonyl (C=O) groups excluding carboxylic acids is 1. The minimum Gasteiger partial charge on any atom is -0.310 e. The van der Waals surface area contributed by atoms with E-state index in [1.807, 2.05) is 34.0 Å². The molecule has 1 aliphatic rings. The molecule has 1 atom stereocenters. The van der Waals surface area contributed by atoms with Gasteiger partial charge in [-0.2, -0.15) is 0 Å². The van der Waals surface area contributed by atoms with E-state index in [1.54, 1.807) is 23.7 Å². The Labute approximate surface area is 191 Å². The molecule has 0 unspecified atom stereocenters. The van der Waals surface area contributed by atoms with Gasteiger partial charge in [-0.05, 0) is 35.6 Å². The van der Waals surface area contributed by atoms with Crippen LogP contribution >= 0.6 is 11.3 Å². The van der Waals surface area contributed by atoms with Crippen molar-refractivity contribution in [2.75, 3.05) is 11.4 Å². The van der Waals surface area contributed by atoms with Crippen molar-refractivity contribution in [1.29, 1.82) is 0 Å². The number of benzene rings is 2. The smallest absolute Gasteiger partial charge is 0.244 e. The van der Waals surface area contributed by atoms with Crippen molar-refractivity contribution in [3.8, 4) is 11.1 Å². The van der Waals surface area contributed by atoms with Crippen LogP contribution < -0.4 is 10.2 Å². The molecule has 0 radical (unpaired) electrons. The molecule has 0 fully saturated rings. The summed E-state index contributed by atoms with van der Waals surface area (Å²) >= 11 is 1.56. The van der Waals surface area contributed by atoms with Crippen LogP contribution in [0.1, 0.15) is 16.8 Å². The Morgan fingerprint density at radius 1 is 1.09 bits per heavy atom. The third-order valence-corrected chi connectivity index (χ3v) is 6.37. The Hall–Kier alpha value is -3.42. The van der Waals surface area contributed by atoms with Gasteiger partial charge in [0.15, 0.2) is 0 Å². The zero-order chi connectivity index (χ0) is 21.8. The average Bonchev–Trinajstić information content (AvgIpc) is 3.52. The molecule has 2 aromatic carbocycles. The van der Waals surface area contributed by atoms with Crippen molar-refractivity contribution in [3.63, 3.8) is 0 Å². The summed E-state index contributed by atoms with van der Waals surface area (Å²) in [6.45, 7) is 1.25. The summed E-state index contributed by atoms with van der Waals surface area (Å²) in [7, 11) is 0. The van der Waals surface area contributed by atoms with Crippen molar-refractivity contribution in [2.24, 2.45) is 0 Å². The first-order valence-electron chi connectivity index (χ1n) is 10.6. The van der Waals surface area contributed by atoms with Gasteiger partial charge in [0.25, 0.3) is 0 Å². The largest absolute Gasteiger partial charge is 0.310 e. The first-order valence-corrected chi connectivity index (χ1v) is 11.6. The summed E-state index contributed by atoms with van der Waals surface area (Å²) in [6.07, 6.45) is 6.60. The lowest BCUT2D eigenvalue weighted by Gasteiger charge is -2.25. The topological polar surface area (TPSA) is 71.0 Å². The molecule has 4 aromatic rings. The van der Waals surface area contributed by atoms with Crippen LogP contribution in [0.4, 0.5) is 5.69 Å². The molecule has 3 heterocycles. The monoisotopic (exact) mass is 441 g/mol. The second kappa shape index (κ2) is 9.38. The first kappa shape index (κ1) is 20.5. The Balaban J connectivity index is 1.41. The molecule has 0 spiro atoms. The van der Waals surface area contributed by atoms with Gasteiger partial charge in [0.2, 0.25) is 5.91 Å². The third kappa shape index (κ3) is 4.44. The van der Waals surface area contributed by atoms with Crippen LogP contribution in [-0.2, 0) is 24.2 Å². The summed E-state index contributed by atoms with van der Waals surface area (Å²) < 4.78 is 0. The van der Waals surface area contributed by atoms with Crippen LogP contribution in [0, 0.1) is 0 Å². The van der Waals surface area contributed by atoms with Gasteiger partial charge < -0.3 is 4.90 Å². The van der Waals surface area contributed by atoms with Gasteiger partial charge in [0.1, 0.15) is 6.33 Å². The Morgan fingerprint density at radius 3 is 2.72 bits per heavy atom. The van der Waals surface area contributed by atoms with Gasteiger partial charge in [0, 0.05) is 42.1 Å². The number of amides is 1. The van der Waals surface area contributed by atoms with Crippen LogP contribution in [0.15, 0.2) is 78.1 Å². The molecule has 0 bridgehead atoms. The van der Waals surface area contributed by atoms with Crippen molar-refractivity contribution in [2.45, 2.75) is 25.4 Å². The minimum absolute atomic E-state index is 0.0873. The lowest BCUT2D eigenvalue weighted by atomic mass is 10.0. The standard InChI is InChI=1S/C25H23N5OS/c31-25(23(10-18-4-2-1-3-5-18)28-14-22-15-32-17-29-22)30-9-8-19-6-7-20(11-24(19)30)21-12-26-16-27-13-21/h1-7,11-13,15-17,23,28H,8-10,14H2/t23-/m0/s1. The van der Waals surface area contributed by atoms with E-state index in [0.717, 1.165) is 34.5 Å². The van der Waals surface area contributed by atoms with Crippen LogP contribution in [0.25, 0.3) is 11.1 Å². The maximum Gasteiger partial charge on any atom is 0.244 e. The fraction of sp³-hybridized carbons (Fsp3) is 0.200. The fourth-order valence-electron chi connectivity index (χ4n) is 4.07. The first-order chi connectivity index (χ1) is 15.8. The van der Waals surface area contributed by atoms with Crippen molar-refractivity contribution >= 4 is 22.9 Å². The molecule has 2 aromatic heterocycles. The molecule has 160 valence electrons. The molecule has 0 saturated carbocycles. The molecule has 1 N–H and O–H groups in total. The number of aromatic nitrogens is 3. The summed E-state index contributed by atoms with van der Waals surface area (Å²) in [5, 5.41) is 5.47. The number of nitrogens with one attached hydrogen (secondary N) is 1. The number of hydrogen-bond acceptors (Lipinski definition) is 6. The summed E-state index contributed by atoms with van der Waals surface area (Å²) in [4.78, 5) is 28.3. The fourth-order valence-corrected chi connectivity index (χ4v) is 4.63. The number of carbonyl (C=O) groups is 1. The average molecular weight is 442 g/mol. The highest BCUT2D eigenvalue weighted by molar-refractivity contribution is 7.07. The maximum atomic E-state index is 13.7. The van der Waals surface area contributed by atoms with Crippen LogP contribution in [0.2, 0.25) is 0 Å². The van der Waals surface area contributed by atoms with Gasteiger partial charge in [0.05, 0.1) is 17.2 Å². The molecule has 32 heavy (non-hydrogen) atoms. The van der Waals surface area contributed by atoms with E-state index in [9.17, 15) is 4.79 Å². The molecule has 5 rings (SSSR count). The number of thiazole rings is 1. The highest BCUT2D eigenvalue weighted by atomic mass is 32.1. The number of nitrogens with zero attached hydrogens (tertiary/aromatic N) is 4. The minimum atomic E-state index is -0.339. The Bertz CT molecular complexity index is 1180. The summed E-state index contributed by atoms with van der Waals surface area (Å²) in [5.74, 6) is 0.0873. The molecule has 0 saturated heterocycles. The molecule has 6 nitrogen and oxygen atoms in total. The zero-order valence-corrected chi connectivity index (χ0v) is 18.3. The van der Waals surface area contributed by atoms with Crippen LogP contribution in [0.3, 0.4) is 0 Å². The lowest BCUT2D eigenvalue weighted by Crippen LogP contribution is -2.47. The van der Waals surface area contributed by atoms with Gasteiger partial charge >= 0.3 is 0 Å². The van der Waals surface area contributed by atoms with Gasteiger partial charge in [-0.25, -0.2) is 15.0 Å². The normalized spacial score (nSPS) is 13.7. The summed E-state index contributed by atoms with van der Waals surface area (Å²) in [6, 6.07) is 16.1. The van der Waals surface area contributed by atoms with Crippen molar-refractivity contribution in [3.05, 3.63) is 95.0 Å². The van der Waals surface area contributed by atoms with Crippen molar-refractivity contribution in [1.82, 2.24) is 20.3 Å². The van der Waals surface area contributed by atoms with E-state index in [4.69, 9.17) is 0 Å². The number of fused-ring (bicyclic) bond motifs is 1. The molecule has 0 aliphatic carbocycles. The highest BCUT2D eigenvalue weighted by Gasteiger charge is 2.30. The van der Waals surface area contributed by atoms with E-state index in [2.05, 4.69) is 50.6 Å². The Kier molecular flexibility index (Phi) is 6.00. The van der Waals surface area contributed by atoms with Gasteiger partial charge in [-0.1, -0.05) is 42.5 Å². The summed E-state index contributed by atoms with van der Waals surface area (Å²) in [5.41, 5.74) is 8.02. The van der Waals surface area contributed by atoms with E-state index in [-0.39, 0.29) is 11.9 Å². The van der Waals surface area contributed by atoms with Gasteiger partial charge in [-0.15, -0.1) is 11.3 Å². The molecule has 7 heteroatoms. The predicted molar refractivity (Wildman–Crippen MR) is 126 cm³/mol. The zero-order valence-electron chi connectivity index (χ0n) is 17.5. The van der Waals surface area contributed by atoms with Crippen molar-refractivity contribution < 1.29 is 4.79 Å². The number of anilines is 1. The maximum absolute atomic E-state index is 13.7. The van der Waals surface area contributed by atoms with E-state index < -0.39 is 0 Å². The Morgan fingerprint density at radius 2 is 1.94 bits per heavy atom. The van der Waals surface area contributed by atoms with Crippen LogP contribution in [-0.4, -0.2) is 33.4 Å². The quantitative estimate of drug-likeness (QED) is 0.471. The molecule has 1 aliphatic heterocycles. The second-order valence-corrected chi connectivity index (χ2v) is 8.53. The predicted octanol–water partition coefficient (Wildman–Crippen LogP) is 3.89. The van der Waals surface area contributed by atoms with Gasteiger partial charge in [-0.3, -0.25) is 10.1 Å². The molecule has 1 amide bonds. The SMILES string of the molecule is O=C([C@H](Cc1ccccc1)NCc1cscn1)N1CCc2ccc(-c3cncnc3)cc21. The third-order valence-electron chi connectivity index (χ3n) is 5.73. The lowest BCUT2D eigenvalue weighted by molar-refractivity contribution is -0.120. The highest BCUT2D eigenvalue weighted by Crippen LogP contribution is 2.33. The van der Waals surface area contributed by atoms with E-state index in [1.165, 1.54) is 11.9 Å². The van der Waals surface area contributed by atoms with E-state index in [0.29, 0.717) is 19.5 Å². The van der Waals surface area contributed by atoms with E-state index >= 15 is 0 Å². The molecular weight excluding hydrogens is 418 g/mol. The number of hydrogen-bond donors (Lipinski definition) is 1. The van der Waals surface area contributed by atoms with Crippen LogP contribution in [0.5, 0.6) is 0 Å². The second-order valence-electron chi connectivity index (χ2n) is 7.81.